The summed E-state index contributed by atoms with van der Waals surface area (Å²) in [4.78, 5) is 23.5. The maximum absolute atomic E-state index is 11.7. The van der Waals surface area contributed by atoms with Gasteiger partial charge in [-0.2, -0.15) is 5.10 Å². The number of nitrogens with one attached hydrogen (secondary N) is 1. The third-order valence-electron chi connectivity index (χ3n) is 2.61. The molecule has 21 heavy (non-hydrogen) atoms. The second-order valence-corrected chi connectivity index (χ2v) is 4.33. The smallest absolute Gasteiger partial charge is 0.366 e. The van der Waals surface area contributed by atoms with Crippen molar-refractivity contribution in [2.24, 2.45) is 5.10 Å². The lowest BCUT2D eigenvalue weighted by Gasteiger charge is -2.08. The Bertz CT molecular complexity index is 533. The van der Waals surface area contributed by atoms with Crippen LogP contribution >= 0.6 is 0 Å². The SMILES string of the molecule is CCOC(=O)C(=NNc1ccc(C)cc1C)C(=O)OCC. The highest BCUT2D eigenvalue weighted by Gasteiger charge is 2.23. The van der Waals surface area contributed by atoms with Gasteiger partial charge in [-0.05, 0) is 39.3 Å². The van der Waals surface area contributed by atoms with E-state index in [2.05, 4.69) is 10.5 Å². The van der Waals surface area contributed by atoms with E-state index in [4.69, 9.17) is 9.47 Å². The lowest BCUT2D eigenvalue weighted by Crippen LogP contribution is -2.29. The van der Waals surface area contributed by atoms with Gasteiger partial charge in [0.05, 0.1) is 18.9 Å². The summed E-state index contributed by atoms with van der Waals surface area (Å²) in [6.07, 6.45) is 0. The maximum Gasteiger partial charge on any atom is 0.366 e. The molecule has 6 nitrogen and oxygen atoms in total. The summed E-state index contributed by atoms with van der Waals surface area (Å²) in [5, 5.41) is 3.84. The molecule has 0 saturated carbocycles. The predicted octanol–water partition coefficient (Wildman–Crippen LogP) is 2.20. The van der Waals surface area contributed by atoms with Crippen LogP contribution in [-0.4, -0.2) is 30.9 Å². The van der Waals surface area contributed by atoms with Crippen LogP contribution in [0.5, 0.6) is 0 Å². The van der Waals surface area contributed by atoms with Crippen molar-refractivity contribution in [3.63, 3.8) is 0 Å². The molecule has 0 spiro atoms. The van der Waals surface area contributed by atoms with Gasteiger partial charge in [0.25, 0.3) is 5.71 Å². The van der Waals surface area contributed by atoms with Gasteiger partial charge < -0.3 is 9.47 Å². The van der Waals surface area contributed by atoms with Gasteiger partial charge in [-0.25, -0.2) is 9.59 Å². The molecule has 0 heterocycles. The highest BCUT2D eigenvalue weighted by molar-refractivity contribution is 6.62. The number of hydrazone groups is 1. The average molecular weight is 292 g/mol. The molecule has 114 valence electrons. The fourth-order valence-electron chi connectivity index (χ4n) is 1.63. The molecule has 0 bridgehead atoms. The fourth-order valence-corrected chi connectivity index (χ4v) is 1.63. The molecule has 1 aromatic carbocycles. The molecule has 0 aliphatic rings. The first kappa shape index (κ1) is 16.7. The second-order valence-electron chi connectivity index (χ2n) is 4.33. The van der Waals surface area contributed by atoms with Crippen molar-refractivity contribution in [2.45, 2.75) is 27.7 Å². The molecule has 0 atom stereocenters. The summed E-state index contributed by atoms with van der Waals surface area (Å²) in [5.41, 5.74) is 5.06. The monoisotopic (exact) mass is 292 g/mol. The van der Waals surface area contributed by atoms with Crippen LogP contribution in [0.1, 0.15) is 25.0 Å². The van der Waals surface area contributed by atoms with Crippen LogP contribution in [0.3, 0.4) is 0 Å². The molecular weight excluding hydrogens is 272 g/mol. The van der Waals surface area contributed by atoms with Gasteiger partial charge in [-0.15, -0.1) is 0 Å². The summed E-state index contributed by atoms with van der Waals surface area (Å²) < 4.78 is 9.60. The van der Waals surface area contributed by atoms with E-state index >= 15 is 0 Å². The molecule has 0 aliphatic heterocycles. The van der Waals surface area contributed by atoms with Crippen molar-refractivity contribution < 1.29 is 19.1 Å². The first-order chi connectivity index (χ1) is 9.99. The number of carbonyl (C=O) groups is 2. The number of nitrogens with zero attached hydrogens (tertiary/aromatic N) is 1. The zero-order chi connectivity index (χ0) is 15.8. The Kier molecular flexibility index (Phi) is 6.39. The fraction of sp³-hybridized carbons (Fsp3) is 0.400. The molecule has 0 saturated heterocycles. The van der Waals surface area contributed by atoms with E-state index in [0.29, 0.717) is 5.69 Å². The minimum absolute atomic E-state index is 0.154. The van der Waals surface area contributed by atoms with Crippen LogP contribution in [0.4, 0.5) is 5.69 Å². The second kappa shape index (κ2) is 8.04. The Morgan fingerprint density at radius 3 is 2.14 bits per heavy atom. The van der Waals surface area contributed by atoms with Crippen LogP contribution in [0, 0.1) is 13.8 Å². The lowest BCUT2D eigenvalue weighted by molar-refractivity contribution is -0.140. The highest BCUT2D eigenvalue weighted by Crippen LogP contribution is 2.15. The molecule has 1 rings (SSSR count). The Morgan fingerprint density at radius 1 is 1.10 bits per heavy atom. The minimum atomic E-state index is -0.812. The van der Waals surface area contributed by atoms with Gasteiger partial charge in [0.15, 0.2) is 0 Å². The largest absolute Gasteiger partial charge is 0.461 e. The van der Waals surface area contributed by atoms with Crippen LogP contribution in [0.2, 0.25) is 0 Å². The Labute approximate surface area is 124 Å². The third kappa shape index (κ3) is 4.91. The number of hydrogen-bond acceptors (Lipinski definition) is 6. The van der Waals surface area contributed by atoms with Crippen molar-refractivity contribution in [3.05, 3.63) is 29.3 Å². The summed E-state index contributed by atoms with van der Waals surface area (Å²) in [6, 6.07) is 5.69. The minimum Gasteiger partial charge on any atom is -0.461 e. The van der Waals surface area contributed by atoms with Crippen LogP contribution in [-0.2, 0) is 19.1 Å². The van der Waals surface area contributed by atoms with Crippen molar-refractivity contribution in [1.29, 1.82) is 0 Å². The number of carbonyl (C=O) groups excluding carboxylic acids is 2. The van der Waals surface area contributed by atoms with E-state index in [0.717, 1.165) is 11.1 Å². The Balaban J connectivity index is 2.96. The Morgan fingerprint density at radius 2 is 1.67 bits per heavy atom. The first-order valence-corrected chi connectivity index (χ1v) is 6.74. The van der Waals surface area contributed by atoms with Crippen molar-refractivity contribution >= 4 is 23.3 Å². The van der Waals surface area contributed by atoms with Gasteiger partial charge >= 0.3 is 11.9 Å². The molecule has 0 aliphatic carbocycles. The van der Waals surface area contributed by atoms with Gasteiger partial charge in [0.2, 0.25) is 0 Å². The quantitative estimate of drug-likeness (QED) is 0.376. The van der Waals surface area contributed by atoms with Gasteiger partial charge in [0.1, 0.15) is 0 Å². The first-order valence-electron chi connectivity index (χ1n) is 6.74. The zero-order valence-corrected chi connectivity index (χ0v) is 12.7. The number of esters is 2. The van der Waals surface area contributed by atoms with Crippen molar-refractivity contribution in [3.8, 4) is 0 Å². The van der Waals surface area contributed by atoms with E-state index in [9.17, 15) is 9.59 Å². The lowest BCUT2D eigenvalue weighted by atomic mass is 10.1. The number of anilines is 1. The summed E-state index contributed by atoms with van der Waals surface area (Å²) in [7, 11) is 0. The molecule has 0 aromatic heterocycles. The topological polar surface area (TPSA) is 77.0 Å². The van der Waals surface area contributed by atoms with Crippen molar-refractivity contribution in [2.75, 3.05) is 18.6 Å². The molecule has 0 radical (unpaired) electrons. The average Bonchev–Trinajstić information content (AvgIpc) is 2.41. The van der Waals surface area contributed by atoms with E-state index in [-0.39, 0.29) is 13.2 Å². The zero-order valence-electron chi connectivity index (χ0n) is 12.7. The van der Waals surface area contributed by atoms with E-state index in [1.807, 2.05) is 32.0 Å². The van der Waals surface area contributed by atoms with Gasteiger partial charge in [-0.3, -0.25) is 5.43 Å². The van der Waals surface area contributed by atoms with Gasteiger partial charge in [-0.1, -0.05) is 17.7 Å². The van der Waals surface area contributed by atoms with Gasteiger partial charge in [0, 0.05) is 0 Å². The van der Waals surface area contributed by atoms with E-state index < -0.39 is 17.7 Å². The standard InChI is InChI=1S/C15H20N2O4/c1-5-20-14(18)13(15(19)21-6-2)17-16-12-8-7-10(3)9-11(12)4/h7-9,16H,5-6H2,1-4H3. The van der Waals surface area contributed by atoms with Crippen LogP contribution in [0.25, 0.3) is 0 Å². The maximum atomic E-state index is 11.7. The van der Waals surface area contributed by atoms with Crippen LogP contribution < -0.4 is 5.43 Å². The normalized spacial score (nSPS) is 9.71. The summed E-state index contributed by atoms with van der Waals surface area (Å²) >= 11 is 0. The molecule has 0 unspecified atom stereocenters. The number of ether oxygens (including phenoxy) is 2. The summed E-state index contributed by atoms with van der Waals surface area (Å²) in [6.45, 7) is 7.49. The predicted molar refractivity (Wildman–Crippen MR) is 80.2 cm³/mol. The van der Waals surface area contributed by atoms with Crippen LogP contribution in [0.15, 0.2) is 23.3 Å². The third-order valence-corrected chi connectivity index (χ3v) is 2.61. The number of hydrogen-bond donors (Lipinski definition) is 1. The van der Waals surface area contributed by atoms with Crippen molar-refractivity contribution in [1.82, 2.24) is 0 Å². The molecular formula is C15H20N2O4. The number of benzene rings is 1. The molecule has 6 heteroatoms. The van der Waals surface area contributed by atoms with E-state index in [1.54, 1.807) is 13.8 Å². The molecule has 1 N–H and O–H groups in total. The number of rotatable bonds is 6. The molecule has 0 amide bonds. The molecule has 1 aromatic rings. The highest BCUT2D eigenvalue weighted by atomic mass is 16.6. The molecule has 0 fully saturated rings. The summed E-state index contributed by atoms with van der Waals surface area (Å²) in [5.74, 6) is -1.62. The Hall–Kier alpha value is -2.37. The van der Waals surface area contributed by atoms with E-state index in [1.165, 1.54) is 0 Å². The number of aryl methyl sites for hydroxylation is 2.